The summed E-state index contributed by atoms with van der Waals surface area (Å²) in [6.45, 7) is 3.95. The van der Waals surface area contributed by atoms with E-state index < -0.39 is 16.9 Å². The molecule has 72 valence electrons. The van der Waals surface area contributed by atoms with Crippen molar-refractivity contribution in [3.05, 3.63) is 0 Å². The van der Waals surface area contributed by atoms with E-state index in [9.17, 15) is 9.00 Å². The molecule has 0 saturated heterocycles. The molecule has 0 aromatic heterocycles. The molecule has 0 aromatic rings. The molecule has 0 spiro atoms. The van der Waals surface area contributed by atoms with Gasteiger partial charge in [0.2, 0.25) is 0 Å². The molecule has 0 aliphatic heterocycles. The lowest BCUT2D eigenvalue weighted by Crippen LogP contribution is -2.29. The van der Waals surface area contributed by atoms with Crippen LogP contribution in [0, 0.1) is 0 Å². The number of ether oxygens (including phenoxy) is 1. The summed E-state index contributed by atoms with van der Waals surface area (Å²) in [6.07, 6.45) is 1.03. The zero-order valence-electron chi connectivity index (χ0n) is 7.62. The van der Waals surface area contributed by atoms with E-state index in [1.165, 1.54) is 0 Å². The summed E-state index contributed by atoms with van der Waals surface area (Å²) in [7, 11) is -0.865. The Morgan fingerprint density at radius 2 is 2.17 bits per heavy atom. The van der Waals surface area contributed by atoms with E-state index in [1.807, 2.05) is 0 Å². The molecule has 12 heavy (non-hydrogen) atoms. The first-order chi connectivity index (χ1) is 5.52. The summed E-state index contributed by atoms with van der Waals surface area (Å²) in [5.41, 5.74) is 0. The Hall–Kier alpha value is -0.580. The van der Waals surface area contributed by atoms with Crippen LogP contribution in [0.3, 0.4) is 0 Å². The van der Waals surface area contributed by atoms with Crippen molar-refractivity contribution in [3.8, 4) is 0 Å². The molecule has 0 aliphatic carbocycles. The highest BCUT2D eigenvalue weighted by Gasteiger charge is 2.03. The van der Waals surface area contributed by atoms with Crippen LogP contribution in [0.4, 0.5) is 4.79 Å². The van der Waals surface area contributed by atoms with Crippen LogP contribution in [0.25, 0.3) is 0 Å². The van der Waals surface area contributed by atoms with Gasteiger partial charge in [0.1, 0.15) is 0 Å². The number of amides is 1. The number of rotatable bonds is 4. The predicted octanol–water partition coefficient (Wildman–Crippen LogP) is 0.499. The summed E-state index contributed by atoms with van der Waals surface area (Å²) < 4.78 is 15.3. The minimum absolute atomic E-state index is 0.114. The second-order valence-electron chi connectivity index (χ2n) is 2.66. The molecule has 0 saturated carbocycles. The molecule has 0 fully saturated rings. The van der Waals surface area contributed by atoms with Crippen LogP contribution < -0.4 is 5.32 Å². The van der Waals surface area contributed by atoms with Crippen LogP contribution in [-0.2, 0) is 15.5 Å². The van der Waals surface area contributed by atoms with Crippen molar-refractivity contribution in [2.75, 3.05) is 18.6 Å². The Bertz CT molecular complexity index is 170. The average molecular weight is 193 g/mol. The van der Waals surface area contributed by atoms with Gasteiger partial charge in [-0.3, -0.25) is 4.21 Å². The second kappa shape index (κ2) is 5.99. The predicted molar refractivity (Wildman–Crippen MR) is 48.6 cm³/mol. The lowest BCUT2D eigenvalue weighted by atomic mass is 10.5. The Morgan fingerprint density at radius 1 is 1.58 bits per heavy atom. The molecule has 0 bridgehead atoms. The van der Waals surface area contributed by atoms with Crippen molar-refractivity contribution in [3.63, 3.8) is 0 Å². The van der Waals surface area contributed by atoms with Crippen LogP contribution in [0.15, 0.2) is 0 Å². The van der Waals surface area contributed by atoms with Crippen LogP contribution >= 0.6 is 0 Å². The molecular weight excluding hydrogens is 178 g/mol. The summed E-state index contributed by atoms with van der Waals surface area (Å²) >= 11 is 0. The molecule has 1 atom stereocenters. The van der Waals surface area contributed by atoms with Gasteiger partial charge in [0.05, 0.1) is 6.10 Å². The number of carbonyl (C=O) groups is 1. The zero-order valence-corrected chi connectivity index (χ0v) is 8.44. The van der Waals surface area contributed by atoms with Crippen LogP contribution in [0.5, 0.6) is 0 Å². The summed E-state index contributed by atoms with van der Waals surface area (Å²) in [4.78, 5) is 10.8. The minimum Gasteiger partial charge on any atom is -0.447 e. The molecule has 1 N–H and O–H groups in total. The monoisotopic (exact) mass is 193 g/mol. The topological polar surface area (TPSA) is 55.4 Å². The van der Waals surface area contributed by atoms with Crippen molar-refractivity contribution >= 4 is 16.9 Å². The minimum atomic E-state index is -0.865. The Morgan fingerprint density at radius 3 is 2.58 bits per heavy atom. The van der Waals surface area contributed by atoms with Gasteiger partial charge in [0, 0.05) is 29.4 Å². The number of hydrogen-bond donors (Lipinski definition) is 1. The van der Waals surface area contributed by atoms with Crippen molar-refractivity contribution in [2.24, 2.45) is 0 Å². The van der Waals surface area contributed by atoms with Gasteiger partial charge in [-0.1, -0.05) is 0 Å². The fourth-order valence-corrected chi connectivity index (χ4v) is 0.942. The molecule has 0 aromatic carbocycles. The first-order valence-corrected chi connectivity index (χ1v) is 5.49. The van der Waals surface area contributed by atoms with Gasteiger partial charge in [-0.05, 0) is 13.8 Å². The molecule has 1 amide bonds. The van der Waals surface area contributed by atoms with Gasteiger partial charge in [-0.15, -0.1) is 0 Å². The number of nitrogens with one attached hydrogen (secondary N) is 1. The maximum Gasteiger partial charge on any atom is 0.407 e. The first kappa shape index (κ1) is 11.4. The lowest BCUT2D eigenvalue weighted by Gasteiger charge is -2.08. The molecule has 0 heterocycles. The van der Waals surface area contributed by atoms with E-state index in [-0.39, 0.29) is 6.10 Å². The summed E-state index contributed by atoms with van der Waals surface area (Å²) in [5.74, 6) is 0.465. The molecule has 5 heteroatoms. The average Bonchev–Trinajstić information content (AvgIpc) is 1.84. The van der Waals surface area contributed by atoms with E-state index in [0.717, 1.165) is 0 Å². The van der Waals surface area contributed by atoms with E-state index in [4.69, 9.17) is 4.74 Å². The highest BCUT2D eigenvalue weighted by atomic mass is 32.2. The maximum absolute atomic E-state index is 10.8. The van der Waals surface area contributed by atoms with Gasteiger partial charge in [0.15, 0.2) is 0 Å². The van der Waals surface area contributed by atoms with E-state index in [0.29, 0.717) is 12.3 Å². The Kier molecular flexibility index (Phi) is 5.70. The molecule has 1 unspecified atom stereocenters. The molecule has 0 aliphatic rings. The normalized spacial score (nSPS) is 12.7. The lowest BCUT2D eigenvalue weighted by molar-refractivity contribution is 0.116. The van der Waals surface area contributed by atoms with Crippen LogP contribution in [0.1, 0.15) is 13.8 Å². The van der Waals surface area contributed by atoms with Crippen LogP contribution in [0.2, 0.25) is 0 Å². The van der Waals surface area contributed by atoms with Crippen LogP contribution in [-0.4, -0.2) is 35.0 Å². The third-order valence-corrected chi connectivity index (χ3v) is 1.78. The van der Waals surface area contributed by atoms with Crippen molar-refractivity contribution < 1.29 is 13.7 Å². The van der Waals surface area contributed by atoms with E-state index in [2.05, 4.69) is 5.32 Å². The standard InChI is InChI=1S/C7H15NO3S/c1-6(2)11-7(9)8-4-5-12(3)10/h6H,4-5H2,1-3H3,(H,8,9). The van der Waals surface area contributed by atoms with E-state index >= 15 is 0 Å². The number of carbonyl (C=O) groups excluding carboxylic acids is 1. The molecular formula is C7H15NO3S. The fourth-order valence-electron chi connectivity index (χ4n) is 0.553. The third-order valence-electron chi connectivity index (χ3n) is 1.00. The number of alkyl carbamates (subject to hydrolysis) is 1. The molecule has 0 rings (SSSR count). The maximum atomic E-state index is 10.8. The smallest absolute Gasteiger partial charge is 0.407 e. The van der Waals surface area contributed by atoms with Crippen molar-refractivity contribution in [2.45, 2.75) is 20.0 Å². The quantitative estimate of drug-likeness (QED) is 0.707. The second-order valence-corrected chi connectivity index (χ2v) is 4.21. The number of hydrogen-bond acceptors (Lipinski definition) is 3. The van der Waals surface area contributed by atoms with Crippen molar-refractivity contribution in [1.82, 2.24) is 5.32 Å². The van der Waals surface area contributed by atoms with Crippen molar-refractivity contribution in [1.29, 1.82) is 0 Å². The zero-order chi connectivity index (χ0) is 9.56. The highest BCUT2D eigenvalue weighted by molar-refractivity contribution is 7.84. The third kappa shape index (κ3) is 7.53. The van der Waals surface area contributed by atoms with Gasteiger partial charge < -0.3 is 10.1 Å². The Balaban J connectivity index is 3.38. The SMILES string of the molecule is CC(C)OC(=O)NCCS(C)=O. The van der Waals surface area contributed by atoms with Gasteiger partial charge in [-0.2, -0.15) is 0 Å². The fraction of sp³-hybridized carbons (Fsp3) is 0.857. The Labute approximate surface area is 75.1 Å². The first-order valence-electron chi connectivity index (χ1n) is 3.77. The van der Waals surface area contributed by atoms with Gasteiger partial charge in [-0.25, -0.2) is 4.79 Å². The summed E-state index contributed by atoms with van der Waals surface area (Å²) in [6, 6.07) is 0. The summed E-state index contributed by atoms with van der Waals surface area (Å²) in [5, 5.41) is 2.49. The van der Waals surface area contributed by atoms with E-state index in [1.54, 1.807) is 20.1 Å². The molecule has 4 nitrogen and oxygen atoms in total. The van der Waals surface area contributed by atoms with Gasteiger partial charge >= 0.3 is 6.09 Å². The largest absolute Gasteiger partial charge is 0.447 e. The molecule has 0 radical (unpaired) electrons. The highest BCUT2D eigenvalue weighted by Crippen LogP contribution is 1.87. The van der Waals surface area contributed by atoms with Gasteiger partial charge in [0.25, 0.3) is 0 Å².